The lowest BCUT2D eigenvalue weighted by molar-refractivity contribution is 0.781. The Morgan fingerprint density at radius 1 is 1.00 bits per heavy atom. The van der Waals surface area contributed by atoms with Gasteiger partial charge >= 0.3 is 0 Å². The molecule has 0 aliphatic carbocycles. The van der Waals surface area contributed by atoms with Gasteiger partial charge in [-0.2, -0.15) is 0 Å². The smallest absolute Gasteiger partial charge is 0.142 e. The van der Waals surface area contributed by atoms with Gasteiger partial charge in [-0.3, -0.25) is 0 Å². The number of hydrogen-bond acceptors (Lipinski definition) is 2. The molecule has 1 aromatic heterocycles. The lowest BCUT2D eigenvalue weighted by Gasteiger charge is -2.06. The minimum absolute atomic E-state index is 0.707. The maximum atomic E-state index is 6.31. The molecule has 4 heteroatoms. The number of nitrogens with two attached hydrogens (primary N) is 1. The number of imidazole rings is 1. The standard InChI is InChI=1S/C17H16BrN3/c1-2-21-16(19)15(12-8-10-14(18)11-9-12)20-17(21)13-6-4-3-5-7-13/h3-11H,2,19H2,1H3. The van der Waals surface area contributed by atoms with Crippen LogP contribution in [0.15, 0.2) is 59.1 Å². The van der Waals surface area contributed by atoms with Gasteiger partial charge in [0.15, 0.2) is 0 Å². The summed E-state index contributed by atoms with van der Waals surface area (Å²) in [4.78, 5) is 4.77. The van der Waals surface area contributed by atoms with E-state index in [1.807, 2.05) is 47.0 Å². The number of rotatable bonds is 3. The third-order valence-electron chi connectivity index (χ3n) is 3.47. The molecule has 3 aromatic rings. The number of anilines is 1. The Hall–Kier alpha value is -2.07. The lowest BCUT2D eigenvalue weighted by atomic mass is 10.1. The summed E-state index contributed by atoms with van der Waals surface area (Å²) in [6.45, 7) is 2.87. The second kappa shape index (κ2) is 5.74. The van der Waals surface area contributed by atoms with Crippen molar-refractivity contribution in [2.45, 2.75) is 13.5 Å². The van der Waals surface area contributed by atoms with E-state index in [4.69, 9.17) is 10.7 Å². The lowest BCUT2D eigenvalue weighted by Crippen LogP contribution is -2.02. The van der Waals surface area contributed by atoms with E-state index in [1.165, 1.54) is 0 Å². The highest BCUT2D eigenvalue weighted by Gasteiger charge is 2.16. The van der Waals surface area contributed by atoms with Crippen molar-refractivity contribution in [2.24, 2.45) is 0 Å². The van der Waals surface area contributed by atoms with Crippen LogP contribution in [-0.2, 0) is 6.54 Å². The molecule has 1 heterocycles. The molecule has 2 N–H and O–H groups in total. The Kier molecular flexibility index (Phi) is 3.80. The number of nitrogens with zero attached hydrogens (tertiary/aromatic N) is 2. The van der Waals surface area contributed by atoms with Crippen molar-refractivity contribution < 1.29 is 0 Å². The zero-order chi connectivity index (χ0) is 14.8. The van der Waals surface area contributed by atoms with Gasteiger partial charge in [0.2, 0.25) is 0 Å². The van der Waals surface area contributed by atoms with E-state index in [0.717, 1.165) is 33.7 Å². The second-order valence-electron chi connectivity index (χ2n) is 4.79. The van der Waals surface area contributed by atoms with Gasteiger partial charge < -0.3 is 10.3 Å². The van der Waals surface area contributed by atoms with Crippen molar-refractivity contribution in [3.63, 3.8) is 0 Å². The quantitative estimate of drug-likeness (QED) is 0.757. The van der Waals surface area contributed by atoms with Gasteiger partial charge in [-0.15, -0.1) is 0 Å². The molecule has 0 saturated carbocycles. The van der Waals surface area contributed by atoms with Gasteiger partial charge in [-0.25, -0.2) is 4.98 Å². The van der Waals surface area contributed by atoms with E-state index in [1.54, 1.807) is 0 Å². The molecule has 21 heavy (non-hydrogen) atoms. The van der Waals surface area contributed by atoms with E-state index >= 15 is 0 Å². The van der Waals surface area contributed by atoms with Crippen molar-refractivity contribution in [3.8, 4) is 22.6 Å². The fourth-order valence-electron chi connectivity index (χ4n) is 2.41. The van der Waals surface area contributed by atoms with Gasteiger partial charge in [0.05, 0.1) is 0 Å². The van der Waals surface area contributed by atoms with Crippen LogP contribution >= 0.6 is 15.9 Å². The predicted octanol–water partition coefficient (Wildman–Crippen LogP) is 4.58. The molecule has 0 bridgehead atoms. The zero-order valence-corrected chi connectivity index (χ0v) is 13.3. The van der Waals surface area contributed by atoms with Gasteiger partial charge in [-0.05, 0) is 19.1 Å². The molecule has 3 nitrogen and oxygen atoms in total. The summed E-state index contributed by atoms with van der Waals surface area (Å²) in [7, 11) is 0. The molecule has 106 valence electrons. The molecule has 0 atom stereocenters. The summed E-state index contributed by atoms with van der Waals surface area (Å²) >= 11 is 3.45. The monoisotopic (exact) mass is 341 g/mol. The SMILES string of the molecule is CCn1c(-c2ccccc2)nc(-c2ccc(Br)cc2)c1N. The van der Waals surface area contributed by atoms with E-state index in [9.17, 15) is 0 Å². The van der Waals surface area contributed by atoms with Crippen LogP contribution in [0.1, 0.15) is 6.92 Å². The Morgan fingerprint density at radius 2 is 1.67 bits per heavy atom. The minimum atomic E-state index is 0.707. The molecule has 0 fully saturated rings. The second-order valence-corrected chi connectivity index (χ2v) is 5.70. The first-order valence-electron chi connectivity index (χ1n) is 6.88. The zero-order valence-electron chi connectivity index (χ0n) is 11.8. The Bertz CT molecular complexity index is 746. The Labute approximate surface area is 132 Å². The van der Waals surface area contributed by atoms with Crippen LogP contribution in [0.4, 0.5) is 5.82 Å². The molecular formula is C17H16BrN3. The summed E-state index contributed by atoms with van der Waals surface area (Å²) in [6, 6.07) is 18.2. The van der Waals surface area contributed by atoms with Crippen LogP contribution in [0.5, 0.6) is 0 Å². The fraction of sp³-hybridized carbons (Fsp3) is 0.118. The minimum Gasteiger partial charge on any atom is -0.383 e. The summed E-state index contributed by atoms with van der Waals surface area (Å²) < 4.78 is 3.09. The molecule has 0 aliphatic heterocycles. The summed E-state index contributed by atoms with van der Waals surface area (Å²) in [5.74, 6) is 1.62. The fourth-order valence-corrected chi connectivity index (χ4v) is 2.68. The maximum absolute atomic E-state index is 6.31. The van der Waals surface area contributed by atoms with E-state index < -0.39 is 0 Å². The van der Waals surface area contributed by atoms with E-state index in [2.05, 4.69) is 35.0 Å². The van der Waals surface area contributed by atoms with Crippen molar-refractivity contribution in [3.05, 3.63) is 59.1 Å². The van der Waals surface area contributed by atoms with Crippen molar-refractivity contribution >= 4 is 21.7 Å². The number of halogens is 1. The Balaban J connectivity index is 2.16. The molecule has 2 aromatic carbocycles. The van der Waals surface area contributed by atoms with Crippen LogP contribution in [-0.4, -0.2) is 9.55 Å². The highest BCUT2D eigenvalue weighted by atomic mass is 79.9. The molecule has 0 amide bonds. The molecule has 0 radical (unpaired) electrons. The largest absolute Gasteiger partial charge is 0.383 e. The maximum Gasteiger partial charge on any atom is 0.142 e. The first-order chi connectivity index (χ1) is 10.2. The summed E-state index contributed by atoms with van der Waals surface area (Å²) in [5.41, 5.74) is 9.25. The van der Waals surface area contributed by atoms with Crippen LogP contribution in [0, 0.1) is 0 Å². The molecule has 0 saturated heterocycles. The van der Waals surface area contributed by atoms with Crippen molar-refractivity contribution in [2.75, 3.05) is 5.73 Å². The predicted molar refractivity (Wildman–Crippen MR) is 90.9 cm³/mol. The molecule has 0 spiro atoms. The number of nitrogen functional groups attached to an aromatic ring is 1. The number of hydrogen-bond donors (Lipinski definition) is 1. The van der Waals surface area contributed by atoms with Crippen LogP contribution in [0.2, 0.25) is 0 Å². The average Bonchev–Trinajstić information content (AvgIpc) is 2.86. The molecule has 0 aliphatic rings. The van der Waals surface area contributed by atoms with Crippen molar-refractivity contribution in [1.82, 2.24) is 9.55 Å². The van der Waals surface area contributed by atoms with Crippen LogP contribution in [0.25, 0.3) is 22.6 Å². The van der Waals surface area contributed by atoms with Gasteiger partial charge in [-0.1, -0.05) is 58.4 Å². The van der Waals surface area contributed by atoms with Gasteiger partial charge in [0.1, 0.15) is 17.3 Å². The van der Waals surface area contributed by atoms with E-state index in [0.29, 0.717) is 5.82 Å². The normalized spacial score (nSPS) is 10.8. The third kappa shape index (κ3) is 2.59. The number of aromatic nitrogens is 2. The first-order valence-corrected chi connectivity index (χ1v) is 7.67. The van der Waals surface area contributed by atoms with Gasteiger partial charge in [0.25, 0.3) is 0 Å². The van der Waals surface area contributed by atoms with E-state index in [-0.39, 0.29) is 0 Å². The highest BCUT2D eigenvalue weighted by molar-refractivity contribution is 9.10. The average molecular weight is 342 g/mol. The first kappa shape index (κ1) is 13.9. The van der Waals surface area contributed by atoms with Crippen LogP contribution in [0.3, 0.4) is 0 Å². The summed E-state index contributed by atoms with van der Waals surface area (Å²) in [6.07, 6.45) is 0. The summed E-state index contributed by atoms with van der Waals surface area (Å²) in [5, 5.41) is 0. The molecule has 0 unspecified atom stereocenters. The molecular weight excluding hydrogens is 326 g/mol. The van der Waals surface area contributed by atoms with Crippen molar-refractivity contribution in [1.29, 1.82) is 0 Å². The number of benzene rings is 2. The van der Waals surface area contributed by atoms with Crippen LogP contribution < -0.4 is 5.73 Å². The topological polar surface area (TPSA) is 43.8 Å². The molecule has 3 rings (SSSR count). The highest BCUT2D eigenvalue weighted by Crippen LogP contribution is 2.31. The van der Waals surface area contributed by atoms with Gasteiger partial charge in [0, 0.05) is 22.1 Å². The third-order valence-corrected chi connectivity index (χ3v) is 4.00. The Morgan fingerprint density at radius 3 is 2.29 bits per heavy atom.